The molecular weight excluding hydrogens is 629 g/mol. The molecule has 6 aromatic rings. The van der Waals surface area contributed by atoms with E-state index in [1.165, 1.54) is 83.9 Å². The maximum absolute atomic E-state index is 2.59. The largest absolute Gasteiger partial charge is 0.315 e. The van der Waals surface area contributed by atoms with Crippen LogP contribution in [0, 0.1) is 34.6 Å². The van der Waals surface area contributed by atoms with Crippen molar-refractivity contribution in [3.05, 3.63) is 178 Å². The van der Waals surface area contributed by atoms with Crippen molar-refractivity contribution in [2.45, 2.75) is 54.4 Å². The Balaban J connectivity index is 1.40. The third-order valence-electron chi connectivity index (χ3n) is 11.2. The molecule has 4 heteroatoms. The van der Waals surface area contributed by atoms with Crippen LogP contribution in [0.5, 0.6) is 0 Å². The zero-order valence-corrected chi connectivity index (χ0v) is 31.0. The Morgan fingerprint density at radius 1 is 0.481 bits per heavy atom. The Morgan fingerprint density at radius 3 is 1.52 bits per heavy atom. The lowest BCUT2D eigenvalue weighted by Gasteiger charge is -2.47. The molecule has 0 fully saturated rings. The van der Waals surface area contributed by atoms with Crippen LogP contribution in [0.1, 0.15) is 47.6 Å². The van der Waals surface area contributed by atoms with Gasteiger partial charge in [0.1, 0.15) is 0 Å². The average molecular weight is 674 g/mol. The van der Waals surface area contributed by atoms with Gasteiger partial charge in [0.15, 0.2) is 0 Å². The molecule has 3 aliphatic rings. The number of fused-ring (bicyclic) bond motifs is 3. The summed E-state index contributed by atoms with van der Waals surface area (Å²) in [5, 5.41) is 0. The van der Waals surface area contributed by atoms with Crippen molar-refractivity contribution in [3.63, 3.8) is 0 Å². The third-order valence-corrected chi connectivity index (χ3v) is 11.2. The second kappa shape index (κ2) is 12.5. The van der Waals surface area contributed by atoms with Crippen LogP contribution in [0.25, 0.3) is 0 Å². The summed E-state index contributed by atoms with van der Waals surface area (Å²) < 4.78 is 0. The summed E-state index contributed by atoms with van der Waals surface area (Å²) in [7, 11) is 0. The lowest BCUT2D eigenvalue weighted by molar-refractivity contribution is 0.964. The Morgan fingerprint density at radius 2 is 0.962 bits per heavy atom. The van der Waals surface area contributed by atoms with Crippen LogP contribution in [0.2, 0.25) is 0 Å². The van der Waals surface area contributed by atoms with Crippen molar-refractivity contribution >= 4 is 63.1 Å². The molecule has 0 N–H and O–H groups in total. The van der Waals surface area contributed by atoms with Crippen molar-refractivity contribution in [3.8, 4) is 0 Å². The van der Waals surface area contributed by atoms with E-state index in [1.807, 2.05) is 0 Å². The molecule has 9 rings (SSSR count). The molecule has 254 valence electrons. The predicted molar refractivity (Wildman–Crippen MR) is 223 cm³/mol. The summed E-state index contributed by atoms with van der Waals surface area (Å²) in [5.41, 5.74) is 23.0. The standard InChI is InChI=1S/C48H44BN3/c1-31-7-17-37(18-8-31)50(38-19-9-32(2)10-20-38)41-29-46-48-47(30-41)52(40-23-13-34(4)14-24-40)45-26-16-36(6)28-43(45)49(48)42-27-35(5)15-25-44(42)51(46)39-21-11-33(3)12-22-39/h7-25,27,29-30H,26,28H2,1-6H3. The van der Waals surface area contributed by atoms with E-state index in [2.05, 4.69) is 190 Å². The normalized spacial score (nSPS) is 14.5. The highest BCUT2D eigenvalue weighted by Crippen LogP contribution is 2.50. The van der Waals surface area contributed by atoms with Gasteiger partial charge in [0, 0.05) is 51.9 Å². The minimum absolute atomic E-state index is 0.156. The highest BCUT2D eigenvalue weighted by molar-refractivity contribution is 6.95. The first-order chi connectivity index (χ1) is 25.2. The van der Waals surface area contributed by atoms with Gasteiger partial charge in [0.25, 0.3) is 0 Å². The molecule has 0 radical (unpaired) electrons. The zero-order chi connectivity index (χ0) is 35.7. The number of hydrogen-bond donors (Lipinski definition) is 0. The number of hydrogen-bond acceptors (Lipinski definition) is 3. The molecule has 52 heavy (non-hydrogen) atoms. The molecule has 0 atom stereocenters. The first-order valence-corrected chi connectivity index (χ1v) is 18.6. The number of rotatable bonds is 5. The van der Waals surface area contributed by atoms with E-state index >= 15 is 0 Å². The molecular formula is C48H44BN3. The van der Waals surface area contributed by atoms with Crippen LogP contribution < -0.4 is 25.6 Å². The summed E-state index contributed by atoms with van der Waals surface area (Å²) >= 11 is 0. The lowest BCUT2D eigenvalue weighted by Crippen LogP contribution is -2.56. The Bertz CT molecular complexity index is 2360. The first kappa shape index (κ1) is 32.2. The van der Waals surface area contributed by atoms with Crippen LogP contribution in [-0.2, 0) is 0 Å². The van der Waals surface area contributed by atoms with Crippen molar-refractivity contribution in [2.24, 2.45) is 0 Å². The Hall–Kier alpha value is -5.74. The van der Waals surface area contributed by atoms with E-state index in [1.54, 1.807) is 0 Å². The summed E-state index contributed by atoms with van der Waals surface area (Å²) in [6.07, 6.45) is 4.33. The van der Waals surface area contributed by atoms with Crippen LogP contribution in [-0.4, -0.2) is 6.71 Å². The van der Waals surface area contributed by atoms with Gasteiger partial charge in [-0.3, -0.25) is 0 Å². The highest BCUT2D eigenvalue weighted by atomic mass is 15.2. The van der Waals surface area contributed by atoms with Gasteiger partial charge >= 0.3 is 0 Å². The molecule has 0 unspecified atom stereocenters. The molecule has 0 saturated carbocycles. The van der Waals surface area contributed by atoms with Crippen molar-refractivity contribution in [2.75, 3.05) is 14.7 Å². The van der Waals surface area contributed by atoms with Gasteiger partial charge in [-0.15, -0.1) is 0 Å². The first-order valence-electron chi connectivity index (χ1n) is 18.6. The van der Waals surface area contributed by atoms with Crippen molar-refractivity contribution in [1.82, 2.24) is 0 Å². The maximum Gasteiger partial charge on any atom is 0.247 e. The smallest absolute Gasteiger partial charge is 0.247 e. The molecule has 2 aliphatic heterocycles. The van der Waals surface area contributed by atoms with E-state index in [4.69, 9.17) is 0 Å². The molecule has 0 amide bonds. The lowest BCUT2D eigenvalue weighted by atomic mass is 9.32. The quantitative estimate of drug-likeness (QED) is 0.133. The second-order valence-corrected chi connectivity index (χ2v) is 15.1. The summed E-state index contributed by atoms with van der Waals surface area (Å²) in [5.74, 6) is 0. The molecule has 0 bridgehead atoms. The van der Waals surface area contributed by atoms with Crippen LogP contribution in [0.15, 0.2) is 150 Å². The minimum Gasteiger partial charge on any atom is -0.315 e. The van der Waals surface area contributed by atoms with Crippen molar-refractivity contribution in [1.29, 1.82) is 0 Å². The van der Waals surface area contributed by atoms with E-state index in [9.17, 15) is 0 Å². The fourth-order valence-electron chi connectivity index (χ4n) is 8.48. The van der Waals surface area contributed by atoms with Crippen LogP contribution in [0.3, 0.4) is 0 Å². The SMILES string of the molecule is CC1=CCC2=C(C1)B1c3cc(C)ccc3N(c3ccc(C)cc3)c3cc(N(c4ccc(C)cc4)c4ccc(C)cc4)cc(c31)N2c1ccc(C)cc1. The molecule has 2 heterocycles. The number of allylic oxidation sites excluding steroid dienone is 3. The number of aryl methyl sites for hydroxylation is 5. The topological polar surface area (TPSA) is 9.72 Å². The molecule has 0 aromatic heterocycles. The van der Waals surface area contributed by atoms with E-state index in [-0.39, 0.29) is 6.71 Å². The van der Waals surface area contributed by atoms with Crippen molar-refractivity contribution < 1.29 is 0 Å². The van der Waals surface area contributed by atoms with Gasteiger partial charge in [-0.25, -0.2) is 0 Å². The number of nitrogens with zero attached hydrogens (tertiary/aromatic N) is 3. The average Bonchev–Trinajstić information content (AvgIpc) is 3.14. The predicted octanol–water partition coefficient (Wildman–Crippen LogP) is 11.8. The molecule has 6 aromatic carbocycles. The van der Waals surface area contributed by atoms with Gasteiger partial charge < -0.3 is 14.7 Å². The second-order valence-electron chi connectivity index (χ2n) is 15.1. The molecule has 0 saturated heterocycles. The van der Waals surface area contributed by atoms with Gasteiger partial charge in [-0.1, -0.05) is 106 Å². The monoisotopic (exact) mass is 673 g/mol. The number of anilines is 8. The fraction of sp³-hybridized carbons (Fsp3) is 0.167. The van der Waals surface area contributed by atoms with Crippen LogP contribution in [0.4, 0.5) is 45.5 Å². The maximum atomic E-state index is 2.59. The molecule has 1 aliphatic carbocycles. The van der Waals surface area contributed by atoms with Gasteiger partial charge in [-0.05, 0) is 126 Å². The van der Waals surface area contributed by atoms with E-state index < -0.39 is 0 Å². The summed E-state index contributed by atoms with van der Waals surface area (Å²) in [6.45, 7) is 13.4. The third kappa shape index (κ3) is 5.37. The van der Waals surface area contributed by atoms with E-state index in [0.29, 0.717) is 0 Å². The zero-order valence-electron chi connectivity index (χ0n) is 31.0. The molecule has 3 nitrogen and oxygen atoms in total. The highest BCUT2D eigenvalue weighted by Gasteiger charge is 2.45. The van der Waals surface area contributed by atoms with E-state index in [0.717, 1.165) is 29.9 Å². The fourth-order valence-corrected chi connectivity index (χ4v) is 8.48. The number of benzene rings is 6. The summed E-state index contributed by atoms with van der Waals surface area (Å²) in [6, 6.07) is 48.1. The van der Waals surface area contributed by atoms with Gasteiger partial charge in [0.2, 0.25) is 6.71 Å². The van der Waals surface area contributed by atoms with Gasteiger partial charge in [0.05, 0.1) is 5.69 Å². The Kier molecular flexibility index (Phi) is 7.73. The minimum atomic E-state index is 0.156. The Labute approximate surface area is 309 Å². The van der Waals surface area contributed by atoms with Gasteiger partial charge in [-0.2, -0.15) is 0 Å². The summed E-state index contributed by atoms with van der Waals surface area (Å²) in [4.78, 5) is 7.55. The molecule has 0 spiro atoms. The van der Waals surface area contributed by atoms with Crippen LogP contribution >= 0.6 is 0 Å².